The van der Waals surface area contributed by atoms with Crippen LogP contribution >= 0.6 is 11.5 Å². The van der Waals surface area contributed by atoms with Crippen LogP contribution in [0.15, 0.2) is 18.2 Å². The van der Waals surface area contributed by atoms with Gasteiger partial charge in [0.2, 0.25) is 5.91 Å². The number of amides is 3. The number of anilines is 2. The number of hydrogen-bond donors (Lipinski definition) is 2. The molecule has 0 spiro atoms. The summed E-state index contributed by atoms with van der Waals surface area (Å²) in [5.74, 6) is 0.0369. The van der Waals surface area contributed by atoms with Crippen LogP contribution in [0, 0.1) is 12.8 Å². The molecule has 192 valence electrons. The van der Waals surface area contributed by atoms with Crippen LogP contribution in [0.5, 0.6) is 0 Å². The lowest BCUT2D eigenvalue weighted by molar-refractivity contribution is -0.117. The molecule has 2 aromatic rings. The Hall–Kier alpha value is -3.05. The highest BCUT2D eigenvalue weighted by molar-refractivity contribution is 7.07. The van der Waals surface area contributed by atoms with Crippen molar-refractivity contribution in [1.29, 1.82) is 0 Å². The SMILES string of the molecule is Cc1nnsc1C(=O)N1CCCN(c2ccc(C(=O)N3CCCNCC3)cc2NC(=O)C2CC2)CC1. The Bertz CT molecular complexity index is 1120. The Kier molecular flexibility index (Phi) is 7.47. The zero-order valence-electron chi connectivity index (χ0n) is 20.7. The molecule has 0 unspecified atom stereocenters. The minimum absolute atomic E-state index is 0.00616. The van der Waals surface area contributed by atoms with Gasteiger partial charge >= 0.3 is 0 Å². The molecule has 3 aliphatic rings. The summed E-state index contributed by atoms with van der Waals surface area (Å²) >= 11 is 1.14. The molecule has 11 heteroatoms. The molecule has 2 N–H and O–H groups in total. The van der Waals surface area contributed by atoms with Gasteiger partial charge in [-0.25, -0.2) is 0 Å². The lowest BCUT2D eigenvalue weighted by Crippen LogP contribution is -2.35. The Morgan fingerprint density at radius 2 is 1.78 bits per heavy atom. The standard InChI is InChI=1S/C25H33N7O3S/c1-17-22(36-29-28-17)25(35)32-12-3-11-30(14-15-32)21-7-6-19(16-20(21)27-23(33)18-4-5-18)24(34)31-10-2-8-26-9-13-31/h6-7,16,18,26H,2-5,8-15H2,1H3,(H,27,33). The third kappa shape index (κ3) is 5.52. The monoisotopic (exact) mass is 511 g/mol. The van der Waals surface area contributed by atoms with E-state index in [2.05, 4.69) is 25.1 Å². The molecule has 2 aliphatic heterocycles. The van der Waals surface area contributed by atoms with Crippen molar-refractivity contribution in [3.63, 3.8) is 0 Å². The maximum Gasteiger partial charge on any atom is 0.267 e. The maximum atomic E-state index is 13.3. The first-order chi connectivity index (χ1) is 17.5. The lowest BCUT2D eigenvalue weighted by Gasteiger charge is -2.27. The fourth-order valence-electron chi connectivity index (χ4n) is 4.79. The minimum Gasteiger partial charge on any atom is -0.368 e. The van der Waals surface area contributed by atoms with Gasteiger partial charge in [0, 0.05) is 57.3 Å². The smallest absolute Gasteiger partial charge is 0.267 e. The molecular weight excluding hydrogens is 478 g/mol. The van der Waals surface area contributed by atoms with Crippen LogP contribution in [-0.4, -0.2) is 89.5 Å². The van der Waals surface area contributed by atoms with Crippen molar-refractivity contribution >= 4 is 40.6 Å². The van der Waals surface area contributed by atoms with Crippen molar-refractivity contribution in [2.24, 2.45) is 5.92 Å². The van der Waals surface area contributed by atoms with Gasteiger partial charge < -0.3 is 25.3 Å². The number of carbonyl (C=O) groups is 3. The number of carbonyl (C=O) groups excluding carboxylic acids is 3. The molecule has 0 bridgehead atoms. The van der Waals surface area contributed by atoms with Crippen molar-refractivity contribution in [2.75, 3.05) is 62.6 Å². The lowest BCUT2D eigenvalue weighted by atomic mass is 10.1. The van der Waals surface area contributed by atoms with E-state index in [1.54, 1.807) is 6.92 Å². The van der Waals surface area contributed by atoms with E-state index < -0.39 is 0 Å². The first kappa shape index (κ1) is 24.6. The van der Waals surface area contributed by atoms with Gasteiger partial charge in [0.25, 0.3) is 11.8 Å². The number of nitrogens with one attached hydrogen (secondary N) is 2. The van der Waals surface area contributed by atoms with E-state index in [0.29, 0.717) is 48.0 Å². The molecule has 0 radical (unpaired) electrons. The van der Waals surface area contributed by atoms with Crippen LogP contribution in [-0.2, 0) is 4.79 Å². The minimum atomic E-state index is -0.0282. The molecule has 1 aliphatic carbocycles. The van der Waals surface area contributed by atoms with Gasteiger partial charge in [-0.15, -0.1) is 5.10 Å². The quantitative estimate of drug-likeness (QED) is 0.632. The fraction of sp³-hybridized carbons (Fsp3) is 0.560. The number of benzene rings is 1. The number of aryl methyl sites for hydroxylation is 1. The topological polar surface area (TPSA) is 111 Å². The average molecular weight is 512 g/mol. The molecule has 1 saturated carbocycles. The van der Waals surface area contributed by atoms with Crippen LogP contribution in [0.2, 0.25) is 0 Å². The largest absolute Gasteiger partial charge is 0.368 e. The fourth-order valence-corrected chi connectivity index (χ4v) is 5.41. The van der Waals surface area contributed by atoms with Gasteiger partial charge in [0.1, 0.15) is 4.88 Å². The van der Waals surface area contributed by atoms with Gasteiger partial charge in [-0.2, -0.15) is 0 Å². The Balaban J connectivity index is 1.35. The summed E-state index contributed by atoms with van der Waals surface area (Å²) in [7, 11) is 0. The predicted molar refractivity (Wildman–Crippen MR) is 139 cm³/mol. The summed E-state index contributed by atoms with van der Waals surface area (Å²) in [6.45, 7) is 7.51. The molecule has 1 aromatic carbocycles. The summed E-state index contributed by atoms with van der Waals surface area (Å²) in [6.07, 6.45) is 3.55. The summed E-state index contributed by atoms with van der Waals surface area (Å²) in [4.78, 5) is 45.5. The first-order valence-corrected chi connectivity index (χ1v) is 13.6. The van der Waals surface area contributed by atoms with Gasteiger partial charge in [0.15, 0.2) is 0 Å². The second kappa shape index (κ2) is 10.9. The molecule has 3 amide bonds. The number of aromatic nitrogens is 2. The molecule has 3 fully saturated rings. The van der Waals surface area contributed by atoms with E-state index in [-0.39, 0.29) is 23.6 Å². The third-order valence-corrected chi connectivity index (χ3v) is 7.86. The number of hydrogen-bond acceptors (Lipinski definition) is 8. The molecule has 2 saturated heterocycles. The summed E-state index contributed by atoms with van der Waals surface area (Å²) in [5.41, 5.74) is 2.82. The maximum absolute atomic E-state index is 13.3. The van der Waals surface area contributed by atoms with E-state index in [1.807, 2.05) is 28.0 Å². The van der Waals surface area contributed by atoms with Crippen LogP contribution in [0.1, 0.15) is 51.4 Å². The highest BCUT2D eigenvalue weighted by atomic mass is 32.1. The zero-order valence-corrected chi connectivity index (χ0v) is 21.5. The number of rotatable bonds is 5. The van der Waals surface area contributed by atoms with Crippen molar-refractivity contribution in [1.82, 2.24) is 24.7 Å². The highest BCUT2D eigenvalue weighted by Gasteiger charge is 2.31. The normalized spacial score (nSPS) is 19.0. The van der Waals surface area contributed by atoms with Crippen molar-refractivity contribution in [3.8, 4) is 0 Å². The van der Waals surface area contributed by atoms with E-state index in [1.165, 1.54) is 0 Å². The first-order valence-electron chi connectivity index (χ1n) is 12.8. The molecule has 5 rings (SSSR count). The molecule has 3 heterocycles. The molecule has 36 heavy (non-hydrogen) atoms. The summed E-state index contributed by atoms with van der Waals surface area (Å²) in [6, 6.07) is 5.64. The third-order valence-electron chi connectivity index (χ3n) is 7.05. The Labute approximate surface area is 215 Å². The summed E-state index contributed by atoms with van der Waals surface area (Å²) < 4.78 is 3.90. The zero-order chi connectivity index (χ0) is 25.1. The molecule has 10 nitrogen and oxygen atoms in total. The van der Waals surface area contributed by atoms with Crippen LogP contribution in [0.25, 0.3) is 0 Å². The van der Waals surface area contributed by atoms with Crippen molar-refractivity contribution < 1.29 is 14.4 Å². The van der Waals surface area contributed by atoms with E-state index in [0.717, 1.165) is 69.1 Å². The molecular formula is C25H33N7O3S. The molecule has 1 aromatic heterocycles. The van der Waals surface area contributed by atoms with E-state index >= 15 is 0 Å². The van der Waals surface area contributed by atoms with Crippen LogP contribution in [0.4, 0.5) is 11.4 Å². The predicted octanol–water partition coefficient (Wildman–Crippen LogP) is 1.98. The average Bonchev–Trinajstić information content (AvgIpc) is 3.71. The highest BCUT2D eigenvalue weighted by Crippen LogP contribution is 2.34. The second-order valence-corrected chi connectivity index (χ2v) is 10.5. The summed E-state index contributed by atoms with van der Waals surface area (Å²) in [5, 5.41) is 10.4. The number of nitrogens with zero attached hydrogens (tertiary/aromatic N) is 5. The van der Waals surface area contributed by atoms with Crippen LogP contribution < -0.4 is 15.5 Å². The van der Waals surface area contributed by atoms with Gasteiger partial charge in [0.05, 0.1) is 17.1 Å². The van der Waals surface area contributed by atoms with E-state index in [4.69, 9.17) is 0 Å². The van der Waals surface area contributed by atoms with E-state index in [9.17, 15) is 14.4 Å². The van der Waals surface area contributed by atoms with Gasteiger partial charge in [-0.3, -0.25) is 14.4 Å². The Morgan fingerprint density at radius 1 is 0.972 bits per heavy atom. The van der Waals surface area contributed by atoms with Gasteiger partial charge in [-0.1, -0.05) is 4.49 Å². The van der Waals surface area contributed by atoms with Crippen molar-refractivity contribution in [3.05, 3.63) is 34.3 Å². The van der Waals surface area contributed by atoms with Crippen molar-refractivity contribution in [2.45, 2.75) is 32.6 Å². The van der Waals surface area contributed by atoms with Crippen LogP contribution in [0.3, 0.4) is 0 Å². The molecule has 0 atom stereocenters. The Morgan fingerprint density at radius 3 is 2.56 bits per heavy atom. The van der Waals surface area contributed by atoms with Gasteiger partial charge in [-0.05, 0) is 68.9 Å². The second-order valence-electron chi connectivity index (χ2n) is 9.71.